The molecule has 7 nitrogen and oxygen atoms in total. The van der Waals surface area contributed by atoms with Crippen molar-refractivity contribution in [2.75, 3.05) is 19.7 Å². The summed E-state index contributed by atoms with van der Waals surface area (Å²) < 4.78 is 5.45. The molecule has 3 aliphatic rings. The monoisotopic (exact) mass is 401 g/mol. The Morgan fingerprint density at radius 1 is 1.11 bits per heavy atom. The van der Waals surface area contributed by atoms with Gasteiger partial charge in [0.2, 0.25) is 0 Å². The maximum absolute atomic E-state index is 12.7. The predicted molar refractivity (Wildman–Crippen MR) is 107 cm³/mol. The first-order valence-corrected chi connectivity index (χ1v) is 10.6. The van der Waals surface area contributed by atoms with Gasteiger partial charge in [-0.2, -0.15) is 0 Å². The van der Waals surface area contributed by atoms with E-state index in [1.165, 1.54) is 4.90 Å². The minimum atomic E-state index is -0.702. The Kier molecular flexibility index (Phi) is 5.39. The molecule has 148 valence electrons. The Morgan fingerprint density at radius 2 is 1.82 bits per heavy atom. The van der Waals surface area contributed by atoms with Crippen molar-refractivity contribution in [2.24, 2.45) is 4.99 Å². The van der Waals surface area contributed by atoms with Crippen LogP contribution >= 0.6 is 11.8 Å². The van der Waals surface area contributed by atoms with Gasteiger partial charge < -0.3 is 4.74 Å². The van der Waals surface area contributed by atoms with Crippen molar-refractivity contribution in [3.8, 4) is 5.75 Å². The van der Waals surface area contributed by atoms with Crippen LogP contribution in [0, 0.1) is 0 Å². The number of rotatable bonds is 6. The third-order valence-corrected chi connectivity index (χ3v) is 6.51. The first-order valence-electron chi connectivity index (χ1n) is 9.72. The average Bonchev–Trinajstić information content (AvgIpc) is 3.42. The number of nitrogens with zero attached hydrogens (tertiary/aromatic N) is 3. The highest BCUT2D eigenvalue weighted by Crippen LogP contribution is 2.31. The molecule has 1 atom stereocenters. The van der Waals surface area contributed by atoms with Crippen molar-refractivity contribution in [1.29, 1.82) is 0 Å². The van der Waals surface area contributed by atoms with Gasteiger partial charge >= 0.3 is 17.8 Å². The van der Waals surface area contributed by atoms with E-state index in [0.717, 1.165) is 46.9 Å². The molecular weight excluding hydrogens is 378 g/mol. The maximum atomic E-state index is 12.7. The van der Waals surface area contributed by atoms with Crippen LogP contribution < -0.4 is 4.74 Å². The zero-order chi connectivity index (χ0) is 19.7. The molecule has 2 heterocycles. The standard InChI is InChI=1S/C20H23N3O4S/c1-2-27-15-9-7-13(8-10-15)17-21-11-16(28-17)12-22-18(24)19(25)23(20(22)26)14-5-3-4-6-14/h7-10,14,16H,2-6,11-12H2,1H3/t16-/m0/s1. The van der Waals surface area contributed by atoms with Crippen LogP contribution in [-0.2, 0) is 9.59 Å². The summed E-state index contributed by atoms with van der Waals surface area (Å²) in [5.41, 5.74) is 0.985. The Balaban J connectivity index is 1.38. The van der Waals surface area contributed by atoms with Crippen LogP contribution in [0.25, 0.3) is 0 Å². The molecule has 0 aromatic heterocycles. The van der Waals surface area contributed by atoms with Crippen LogP contribution in [0.15, 0.2) is 29.3 Å². The maximum Gasteiger partial charge on any atom is 0.334 e. The Morgan fingerprint density at radius 3 is 2.50 bits per heavy atom. The summed E-state index contributed by atoms with van der Waals surface area (Å²) in [5.74, 6) is -0.565. The highest BCUT2D eigenvalue weighted by atomic mass is 32.2. The second-order valence-electron chi connectivity index (χ2n) is 7.15. The molecule has 0 bridgehead atoms. The predicted octanol–water partition coefficient (Wildman–Crippen LogP) is 2.68. The fourth-order valence-electron chi connectivity index (χ4n) is 3.90. The van der Waals surface area contributed by atoms with Crippen LogP contribution in [0.3, 0.4) is 0 Å². The molecule has 0 N–H and O–H groups in total. The fourth-order valence-corrected chi connectivity index (χ4v) is 5.01. The lowest BCUT2D eigenvalue weighted by Crippen LogP contribution is -2.41. The molecule has 4 amide bonds. The molecule has 0 radical (unpaired) electrons. The summed E-state index contributed by atoms with van der Waals surface area (Å²) >= 11 is 1.54. The van der Waals surface area contributed by atoms with Crippen LogP contribution in [0.5, 0.6) is 5.75 Å². The Hall–Kier alpha value is -2.35. The number of ether oxygens (including phenoxy) is 1. The van der Waals surface area contributed by atoms with E-state index < -0.39 is 17.8 Å². The van der Waals surface area contributed by atoms with Crippen molar-refractivity contribution >= 4 is 34.7 Å². The van der Waals surface area contributed by atoms with E-state index >= 15 is 0 Å². The van der Waals surface area contributed by atoms with Gasteiger partial charge in [-0.25, -0.2) is 4.79 Å². The number of carbonyl (C=O) groups is 3. The first kappa shape index (κ1) is 19.0. The molecule has 8 heteroatoms. The second kappa shape index (κ2) is 7.95. The molecule has 0 spiro atoms. The first-order chi connectivity index (χ1) is 13.6. The third kappa shape index (κ3) is 3.53. The van der Waals surface area contributed by atoms with E-state index in [0.29, 0.717) is 13.2 Å². The minimum Gasteiger partial charge on any atom is -0.494 e. The molecule has 1 saturated carbocycles. The van der Waals surface area contributed by atoms with Gasteiger partial charge in [-0.1, -0.05) is 24.6 Å². The van der Waals surface area contributed by atoms with Gasteiger partial charge in [0.25, 0.3) is 0 Å². The number of hydrogen-bond acceptors (Lipinski definition) is 6. The van der Waals surface area contributed by atoms with Crippen molar-refractivity contribution in [3.05, 3.63) is 29.8 Å². The summed E-state index contributed by atoms with van der Waals surface area (Å²) in [5, 5.41) is 0.844. The number of aliphatic imine (C=N–C) groups is 1. The smallest absolute Gasteiger partial charge is 0.334 e. The van der Waals surface area contributed by atoms with Gasteiger partial charge in [0.05, 0.1) is 18.2 Å². The van der Waals surface area contributed by atoms with Crippen molar-refractivity contribution < 1.29 is 19.1 Å². The van der Waals surface area contributed by atoms with E-state index in [2.05, 4.69) is 4.99 Å². The normalized spacial score (nSPS) is 23.1. The number of urea groups is 1. The zero-order valence-electron chi connectivity index (χ0n) is 15.8. The second-order valence-corrected chi connectivity index (χ2v) is 8.44. The number of benzene rings is 1. The molecule has 4 rings (SSSR count). The van der Waals surface area contributed by atoms with Gasteiger partial charge in [0.15, 0.2) is 0 Å². The van der Waals surface area contributed by atoms with Gasteiger partial charge in [0.1, 0.15) is 5.75 Å². The number of thioether (sulfide) groups is 1. The lowest BCUT2D eigenvalue weighted by atomic mass is 10.2. The number of hydrogen-bond donors (Lipinski definition) is 0. The quantitative estimate of drug-likeness (QED) is 0.541. The van der Waals surface area contributed by atoms with Crippen molar-refractivity contribution in [2.45, 2.75) is 43.9 Å². The molecule has 2 aliphatic heterocycles. The molecule has 0 unspecified atom stereocenters. The topological polar surface area (TPSA) is 79.3 Å². The van der Waals surface area contributed by atoms with Gasteiger partial charge in [0, 0.05) is 23.4 Å². The average molecular weight is 401 g/mol. The highest BCUT2D eigenvalue weighted by molar-refractivity contribution is 8.15. The van der Waals surface area contributed by atoms with Crippen LogP contribution in [0.4, 0.5) is 4.79 Å². The van der Waals surface area contributed by atoms with Gasteiger partial charge in [-0.3, -0.25) is 24.4 Å². The lowest BCUT2D eigenvalue weighted by Gasteiger charge is -2.22. The summed E-state index contributed by atoms with van der Waals surface area (Å²) in [6.45, 7) is 3.28. The van der Waals surface area contributed by atoms with Crippen LogP contribution in [0.2, 0.25) is 0 Å². The molecular formula is C20H23N3O4S. The number of imide groups is 2. The van der Waals surface area contributed by atoms with Gasteiger partial charge in [-0.05, 0) is 44.0 Å². The summed E-state index contributed by atoms with van der Waals surface area (Å²) in [7, 11) is 0. The highest BCUT2D eigenvalue weighted by Gasteiger charge is 2.48. The van der Waals surface area contributed by atoms with Crippen LogP contribution in [-0.4, -0.2) is 63.7 Å². The Bertz CT molecular complexity index is 817. The van der Waals surface area contributed by atoms with Crippen molar-refractivity contribution in [3.63, 3.8) is 0 Å². The van der Waals surface area contributed by atoms with E-state index in [1.807, 2.05) is 31.2 Å². The lowest BCUT2D eigenvalue weighted by molar-refractivity contribution is -0.144. The molecule has 2 fully saturated rings. The Labute approximate surface area is 168 Å². The van der Waals surface area contributed by atoms with Crippen LogP contribution in [0.1, 0.15) is 38.2 Å². The van der Waals surface area contributed by atoms with Crippen molar-refractivity contribution in [1.82, 2.24) is 9.80 Å². The van der Waals surface area contributed by atoms with E-state index in [9.17, 15) is 14.4 Å². The third-order valence-electron chi connectivity index (χ3n) is 5.29. The van der Waals surface area contributed by atoms with E-state index in [1.54, 1.807) is 11.8 Å². The summed E-state index contributed by atoms with van der Waals surface area (Å²) in [6, 6.07) is 7.13. The SMILES string of the molecule is CCOc1ccc(C2=NC[C@@H](CN3C(=O)C(=O)N(C4CCCC4)C3=O)S2)cc1. The molecule has 1 aliphatic carbocycles. The van der Waals surface area contributed by atoms with E-state index in [4.69, 9.17) is 4.74 Å². The zero-order valence-corrected chi connectivity index (χ0v) is 16.6. The summed E-state index contributed by atoms with van der Waals surface area (Å²) in [4.78, 5) is 44.3. The van der Waals surface area contributed by atoms with Gasteiger partial charge in [-0.15, -0.1) is 0 Å². The van der Waals surface area contributed by atoms with E-state index in [-0.39, 0.29) is 17.8 Å². The molecule has 1 aromatic carbocycles. The number of carbonyl (C=O) groups excluding carboxylic acids is 3. The molecule has 1 saturated heterocycles. The summed E-state index contributed by atoms with van der Waals surface area (Å²) in [6.07, 6.45) is 3.57. The minimum absolute atomic E-state index is 0.0363. The largest absolute Gasteiger partial charge is 0.494 e. The fraction of sp³-hybridized carbons (Fsp3) is 0.500. The number of amides is 4. The molecule has 1 aromatic rings. The molecule has 28 heavy (non-hydrogen) atoms.